The molecule has 7 heteroatoms. The van der Waals surface area contributed by atoms with Crippen molar-refractivity contribution in [2.75, 3.05) is 60.0 Å². The van der Waals surface area contributed by atoms with Gasteiger partial charge in [-0.3, -0.25) is 0 Å². The van der Waals surface area contributed by atoms with Crippen LogP contribution in [-0.4, -0.2) is 77.1 Å². The van der Waals surface area contributed by atoms with Crippen molar-refractivity contribution in [1.29, 1.82) is 0 Å². The molecule has 0 spiro atoms. The molecular formula is C18H28O7. The lowest BCUT2D eigenvalue weighted by atomic mass is 10.1. The second-order valence-electron chi connectivity index (χ2n) is 5.22. The van der Waals surface area contributed by atoms with Gasteiger partial charge in [0, 0.05) is 13.5 Å². The average Bonchev–Trinajstić information content (AvgIpc) is 2.62. The molecule has 7 nitrogen and oxygen atoms in total. The highest BCUT2D eigenvalue weighted by Gasteiger charge is 2.18. The molecule has 1 aromatic carbocycles. The molecule has 0 amide bonds. The van der Waals surface area contributed by atoms with Crippen LogP contribution >= 0.6 is 0 Å². The lowest BCUT2D eigenvalue weighted by Gasteiger charge is -2.14. The molecule has 1 N–H and O–H groups in total. The van der Waals surface area contributed by atoms with Crippen LogP contribution < -0.4 is 0 Å². The number of hydrogen-bond acceptors (Lipinski definition) is 6. The smallest absolute Gasteiger partial charge is 0.333 e. The van der Waals surface area contributed by atoms with Gasteiger partial charge in [0.2, 0.25) is 0 Å². The highest BCUT2D eigenvalue weighted by molar-refractivity contribution is 5.72. The van der Waals surface area contributed by atoms with Gasteiger partial charge in [0.15, 0.2) is 6.10 Å². The number of benzene rings is 1. The molecule has 1 aromatic rings. The minimum Gasteiger partial charge on any atom is -0.479 e. The fraction of sp³-hybridized carbons (Fsp3) is 0.611. The zero-order valence-corrected chi connectivity index (χ0v) is 14.7. The van der Waals surface area contributed by atoms with Gasteiger partial charge in [-0.1, -0.05) is 30.3 Å². The second-order valence-corrected chi connectivity index (χ2v) is 5.22. The quantitative estimate of drug-likeness (QED) is 0.448. The predicted molar refractivity (Wildman–Crippen MR) is 91.9 cm³/mol. The van der Waals surface area contributed by atoms with Crippen LogP contribution in [0.3, 0.4) is 0 Å². The van der Waals surface area contributed by atoms with Crippen LogP contribution in [0.5, 0.6) is 0 Å². The zero-order chi connectivity index (χ0) is 18.2. The maximum Gasteiger partial charge on any atom is 0.333 e. The molecule has 0 fully saturated rings. The fourth-order valence-corrected chi connectivity index (χ4v) is 1.98. The summed E-state index contributed by atoms with van der Waals surface area (Å²) in [6.45, 7) is 3.59. The van der Waals surface area contributed by atoms with Crippen molar-refractivity contribution >= 4 is 5.97 Å². The summed E-state index contributed by atoms with van der Waals surface area (Å²) >= 11 is 0. The minimum atomic E-state index is -0.972. The number of aliphatic carboxylic acids is 1. The molecule has 0 heterocycles. The van der Waals surface area contributed by atoms with Crippen LogP contribution in [0.4, 0.5) is 0 Å². The van der Waals surface area contributed by atoms with E-state index in [2.05, 4.69) is 0 Å². The number of carboxylic acid groups (broad SMARTS) is 1. The number of methoxy groups -OCH3 is 1. The Morgan fingerprint density at radius 1 is 0.880 bits per heavy atom. The third-order valence-corrected chi connectivity index (χ3v) is 3.26. The van der Waals surface area contributed by atoms with Gasteiger partial charge < -0.3 is 28.8 Å². The summed E-state index contributed by atoms with van der Waals surface area (Å²) in [5.74, 6) is -0.972. The number of carbonyl (C=O) groups is 1. The number of hydrogen-bond donors (Lipinski definition) is 1. The summed E-state index contributed by atoms with van der Waals surface area (Å²) < 4.78 is 26.2. The Labute approximate surface area is 148 Å². The van der Waals surface area contributed by atoms with Crippen molar-refractivity contribution in [1.82, 2.24) is 0 Å². The number of carboxylic acids is 1. The summed E-state index contributed by atoms with van der Waals surface area (Å²) in [6.07, 6.45) is -0.533. The monoisotopic (exact) mass is 356 g/mol. The maximum atomic E-state index is 11.2. The summed E-state index contributed by atoms with van der Waals surface area (Å²) in [6, 6.07) is 9.40. The highest BCUT2D eigenvalue weighted by Crippen LogP contribution is 2.06. The Bertz CT molecular complexity index is 438. The van der Waals surface area contributed by atoms with E-state index in [1.54, 1.807) is 7.11 Å². The summed E-state index contributed by atoms with van der Waals surface area (Å²) in [7, 11) is 1.63. The number of ether oxygens (including phenoxy) is 5. The van der Waals surface area contributed by atoms with E-state index in [1.165, 1.54) is 0 Å². The Morgan fingerprint density at radius 2 is 1.40 bits per heavy atom. The average molecular weight is 356 g/mol. The van der Waals surface area contributed by atoms with Gasteiger partial charge in [-0.2, -0.15) is 0 Å². The summed E-state index contributed by atoms with van der Waals surface area (Å²) in [5.41, 5.74) is 0.928. The maximum absolute atomic E-state index is 11.2. The van der Waals surface area contributed by atoms with E-state index in [-0.39, 0.29) is 6.61 Å². The molecule has 0 aliphatic heterocycles. The predicted octanol–water partition coefficient (Wildman–Crippen LogP) is 1.40. The van der Waals surface area contributed by atoms with Crippen molar-refractivity contribution < 1.29 is 33.6 Å². The van der Waals surface area contributed by atoms with Gasteiger partial charge in [-0.25, -0.2) is 4.79 Å². The van der Waals surface area contributed by atoms with Crippen molar-refractivity contribution in [3.05, 3.63) is 35.9 Å². The fourth-order valence-electron chi connectivity index (χ4n) is 1.98. The molecule has 0 aromatic heterocycles. The SMILES string of the molecule is COCCOCCOCCOCCOC(Cc1ccccc1)C(=O)O. The van der Waals surface area contributed by atoms with Crippen LogP contribution in [0.1, 0.15) is 5.56 Å². The Balaban J connectivity index is 1.99. The molecule has 0 bridgehead atoms. The van der Waals surface area contributed by atoms with Crippen LogP contribution in [0.2, 0.25) is 0 Å². The lowest BCUT2D eigenvalue weighted by Crippen LogP contribution is -2.28. The zero-order valence-electron chi connectivity index (χ0n) is 14.7. The van der Waals surface area contributed by atoms with Crippen LogP contribution in [0.15, 0.2) is 30.3 Å². The van der Waals surface area contributed by atoms with Gasteiger partial charge in [-0.05, 0) is 5.56 Å². The first kappa shape index (κ1) is 21.5. The molecule has 25 heavy (non-hydrogen) atoms. The molecule has 0 aliphatic rings. The van der Waals surface area contributed by atoms with E-state index in [0.717, 1.165) is 5.56 Å². The number of rotatable bonds is 16. The lowest BCUT2D eigenvalue weighted by molar-refractivity contribution is -0.151. The first-order valence-electron chi connectivity index (χ1n) is 8.34. The minimum absolute atomic E-state index is 0.226. The molecule has 142 valence electrons. The van der Waals surface area contributed by atoms with Crippen LogP contribution in [0, 0.1) is 0 Å². The van der Waals surface area contributed by atoms with E-state index in [4.69, 9.17) is 23.7 Å². The Hall–Kier alpha value is -1.51. The molecule has 0 radical (unpaired) electrons. The van der Waals surface area contributed by atoms with Gasteiger partial charge in [0.1, 0.15) is 0 Å². The summed E-state index contributed by atoms with van der Waals surface area (Å²) in [4.78, 5) is 11.2. The molecule has 1 rings (SSSR count). The van der Waals surface area contributed by atoms with E-state index >= 15 is 0 Å². The Morgan fingerprint density at radius 3 is 1.92 bits per heavy atom. The molecule has 1 unspecified atom stereocenters. The van der Waals surface area contributed by atoms with E-state index < -0.39 is 12.1 Å². The molecule has 0 aliphatic carbocycles. The first-order valence-corrected chi connectivity index (χ1v) is 8.34. The third kappa shape index (κ3) is 11.6. The van der Waals surface area contributed by atoms with Crippen molar-refractivity contribution in [2.45, 2.75) is 12.5 Å². The largest absolute Gasteiger partial charge is 0.479 e. The topological polar surface area (TPSA) is 83.5 Å². The van der Waals surface area contributed by atoms with Crippen molar-refractivity contribution in [2.24, 2.45) is 0 Å². The van der Waals surface area contributed by atoms with Gasteiger partial charge in [-0.15, -0.1) is 0 Å². The van der Waals surface area contributed by atoms with Crippen LogP contribution in [-0.2, 0) is 34.9 Å². The van der Waals surface area contributed by atoms with E-state index in [0.29, 0.717) is 52.7 Å². The van der Waals surface area contributed by atoms with Crippen molar-refractivity contribution in [3.63, 3.8) is 0 Å². The Kier molecular flexibility index (Phi) is 12.7. The van der Waals surface area contributed by atoms with Gasteiger partial charge >= 0.3 is 5.97 Å². The van der Waals surface area contributed by atoms with Crippen molar-refractivity contribution in [3.8, 4) is 0 Å². The second kappa shape index (κ2) is 14.8. The standard InChI is InChI=1S/C18H28O7/c1-21-7-8-22-9-10-23-11-12-24-13-14-25-17(18(19)20)15-16-5-3-2-4-6-16/h2-6,17H,7-15H2,1H3,(H,19,20). The molecule has 1 atom stereocenters. The third-order valence-electron chi connectivity index (χ3n) is 3.26. The summed E-state index contributed by atoms with van der Waals surface area (Å²) in [5, 5.41) is 9.21. The van der Waals surface area contributed by atoms with Crippen LogP contribution in [0.25, 0.3) is 0 Å². The molecule has 0 saturated carbocycles. The molecule has 0 saturated heterocycles. The molecular weight excluding hydrogens is 328 g/mol. The van der Waals surface area contributed by atoms with Gasteiger partial charge in [0.25, 0.3) is 0 Å². The van der Waals surface area contributed by atoms with E-state index in [9.17, 15) is 9.90 Å². The van der Waals surface area contributed by atoms with E-state index in [1.807, 2.05) is 30.3 Å². The normalized spacial score (nSPS) is 12.2. The highest BCUT2D eigenvalue weighted by atomic mass is 16.6. The first-order chi connectivity index (χ1) is 12.2. The van der Waals surface area contributed by atoms with Gasteiger partial charge in [0.05, 0.1) is 52.9 Å².